The number of aryl methyl sites for hydroxylation is 1. The van der Waals surface area contributed by atoms with Gasteiger partial charge in [0, 0.05) is 6.42 Å². The number of halogens is 1. The summed E-state index contributed by atoms with van der Waals surface area (Å²) in [7, 11) is -4.03. The predicted octanol–water partition coefficient (Wildman–Crippen LogP) is 3.87. The van der Waals surface area contributed by atoms with E-state index in [0.717, 1.165) is 16.9 Å². The summed E-state index contributed by atoms with van der Waals surface area (Å²) in [5.41, 5.74) is 1.27. The fourth-order valence-corrected chi connectivity index (χ4v) is 5.43. The van der Waals surface area contributed by atoms with E-state index in [4.69, 9.17) is 30.1 Å². The number of rotatable bonds is 6. The third-order valence-electron chi connectivity index (χ3n) is 4.40. The Kier molecular flexibility index (Phi) is 4.84. The van der Waals surface area contributed by atoms with Gasteiger partial charge in [-0.1, -0.05) is 28.0 Å². The molecule has 13 heteroatoms. The average molecular weight is 481 g/mol. The van der Waals surface area contributed by atoms with Gasteiger partial charge in [0.05, 0.1) is 0 Å². The smallest absolute Gasteiger partial charge is 0.269 e. The number of ether oxygens (including phenoxy) is 2. The molecule has 31 heavy (non-hydrogen) atoms. The normalized spacial score (nSPS) is 13.0. The minimum Gasteiger partial charge on any atom is -0.454 e. The molecule has 4 heterocycles. The number of sulfonamides is 1. The zero-order valence-electron chi connectivity index (χ0n) is 15.8. The molecular formula is C18H13ClN4O6S2. The van der Waals surface area contributed by atoms with Crippen LogP contribution in [0.1, 0.15) is 17.1 Å². The molecule has 0 saturated heterocycles. The van der Waals surface area contributed by atoms with Gasteiger partial charge in [-0.15, -0.1) is 11.3 Å². The molecule has 1 N–H and O–H groups in total. The van der Waals surface area contributed by atoms with E-state index in [-0.39, 0.29) is 28.5 Å². The first-order valence-electron chi connectivity index (χ1n) is 8.84. The molecule has 1 aromatic carbocycles. The first-order chi connectivity index (χ1) is 14.9. The van der Waals surface area contributed by atoms with E-state index in [1.165, 1.54) is 6.07 Å². The van der Waals surface area contributed by atoms with Crippen molar-refractivity contribution in [3.05, 3.63) is 51.7 Å². The summed E-state index contributed by atoms with van der Waals surface area (Å²) in [6.45, 7) is 1.79. The summed E-state index contributed by atoms with van der Waals surface area (Å²) in [5.74, 6) is 1.66. The third kappa shape index (κ3) is 3.73. The van der Waals surface area contributed by atoms with Gasteiger partial charge in [0.15, 0.2) is 17.3 Å². The Morgan fingerprint density at radius 3 is 2.81 bits per heavy atom. The van der Waals surface area contributed by atoms with Gasteiger partial charge < -0.3 is 18.5 Å². The van der Waals surface area contributed by atoms with Gasteiger partial charge in [-0.05, 0) is 36.1 Å². The molecule has 3 aromatic heterocycles. The Bertz CT molecular complexity index is 1380. The summed E-state index contributed by atoms with van der Waals surface area (Å²) in [5, 5.41) is 9.30. The molecule has 0 bridgehead atoms. The fraction of sp³-hybridized carbons (Fsp3) is 0.167. The zero-order valence-corrected chi connectivity index (χ0v) is 18.2. The Morgan fingerprint density at radius 2 is 2.00 bits per heavy atom. The lowest BCUT2D eigenvalue weighted by Crippen LogP contribution is -2.12. The quantitative estimate of drug-likeness (QED) is 0.437. The number of hydrogen-bond acceptors (Lipinski definition) is 10. The highest BCUT2D eigenvalue weighted by Gasteiger charge is 2.27. The summed E-state index contributed by atoms with van der Waals surface area (Å²) in [6.07, 6.45) is 0.374. The van der Waals surface area contributed by atoms with Gasteiger partial charge in [0.25, 0.3) is 21.8 Å². The van der Waals surface area contributed by atoms with E-state index >= 15 is 0 Å². The molecule has 0 spiro atoms. The number of thiophene rings is 1. The highest BCUT2D eigenvalue weighted by Crippen LogP contribution is 2.35. The Labute approximate surface area is 184 Å². The molecule has 1 aliphatic rings. The van der Waals surface area contributed by atoms with Crippen molar-refractivity contribution in [1.82, 2.24) is 15.3 Å². The molecule has 1 aliphatic heterocycles. The van der Waals surface area contributed by atoms with Gasteiger partial charge in [-0.2, -0.15) is 4.98 Å². The monoisotopic (exact) mass is 480 g/mol. The number of nitrogens with zero attached hydrogens (tertiary/aromatic N) is 3. The first-order valence-corrected chi connectivity index (χ1v) is 11.6. The molecule has 0 saturated carbocycles. The molecule has 4 aromatic rings. The van der Waals surface area contributed by atoms with Crippen LogP contribution in [0, 0.1) is 6.92 Å². The van der Waals surface area contributed by atoms with Crippen LogP contribution in [-0.2, 0) is 16.4 Å². The summed E-state index contributed by atoms with van der Waals surface area (Å²) in [4.78, 5) is 4.61. The van der Waals surface area contributed by atoms with Crippen molar-refractivity contribution in [2.45, 2.75) is 18.2 Å². The average Bonchev–Trinajstić information content (AvgIpc) is 3.52. The molecule has 0 unspecified atom stereocenters. The van der Waals surface area contributed by atoms with Gasteiger partial charge in [0.1, 0.15) is 20.5 Å². The van der Waals surface area contributed by atoms with Crippen molar-refractivity contribution < 1.29 is 26.9 Å². The lowest BCUT2D eigenvalue weighted by Gasteiger charge is -2.04. The van der Waals surface area contributed by atoms with Crippen molar-refractivity contribution in [2.24, 2.45) is 0 Å². The highest BCUT2D eigenvalue weighted by atomic mass is 35.5. The summed E-state index contributed by atoms with van der Waals surface area (Å²) >= 11 is 7.16. The van der Waals surface area contributed by atoms with E-state index in [1.807, 2.05) is 18.2 Å². The minimum absolute atomic E-state index is 0.0408. The molecule has 0 atom stereocenters. The van der Waals surface area contributed by atoms with Gasteiger partial charge >= 0.3 is 0 Å². The molecular weight excluding hydrogens is 468 g/mol. The Balaban J connectivity index is 1.39. The van der Waals surface area contributed by atoms with Gasteiger partial charge in [-0.25, -0.2) is 13.1 Å². The maximum Gasteiger partial charge on any atom is 0.269 e. The number of hydrogen-bond donors (Lipinski definition) is 1. The molecule has 0 aliphatic carbocycles. The lowest BCUT2D eigenvalue weighted by atomic mass is 10.1. The van der Waals surface area contributed by atoms with E-state index in [0.29, 0.717) is 34.3 Å². The van der Waals surface area contributed by atoms with Gasteiger partial charge in [-0.3, -0.25) is 0 Å². The first kappa shape index (κ1) is 19.8. The van der Waals surface area contributed by atoms with Crippen LogP contribution in [0.2, 0.25) is 5.02 Å². The van der Waals surface area contributed by atoms with Crippen LogP contribution in [0.4, 0.5) is 5.88 Å². The van der Waals surface area contributed by atoms with Crippen LogP contribution in [0.3, 0.4) is 0 Å². The molecule has 160 valence electrons. The lowest BCUT2D eigenvalue weighted by molar-refractivity contribution is 0.174. The van der Waals surface area contributed by atoms with E-state index in [1.54, 1.807) is 12.3 Å². The van der Waals surface area contributed by atoms with Crippen LogP contribution in [0.25, 0.3) is 10.8 Å². The van der Waals surface area contributed by atoms with Crippen molar-refractivity contribution in [1.29, 1.82) is 0 Å². The van der Waals surface area contributed by atoms with Gasteiger partial charge in [0.2, 0.25) is 6.79 Å². The summed E-state index contributed by atoms with van der Waals surface area (Å²) in [6, 6.07) is 6.95. The van der Waals surface area contributed by atoms with Crippen LogP contribution in [-0.4, -0.2) is 30.5 Å². The zero-order chi connectivity index (χ0) is 21.6. The fourth-order valence-electron chi connectivity index (χ4n) is 2.92. The minimum atomic E-state index is -4.03. The number of benzene rings is 1. The van der Waals surface area contributed by atoms with Crippen molar-refractivity contribution in [3.8, 4) is 22.3 Å². The van der Waals surface area contributed by atoms with E-state index < -0.39 is 10.0 Å². The molecule has 0 amide bonds. The second-order valence-corrected chi connectivity index (χ2v) is 9.46. The molecule has 0 fully saturated rings. The van der Waals surface area contributed by atoms with Crippen LogP contribution >= 0.6 is 22.9 Å². The van der Waals surface area contributed by atoms with Crippen molar-refractivity contribution in [3.63, 3.8) is 0 Å². The highest BCUT2D eigenvalue weighted by molar-refractivity contribution is 7.93. The largest absolute Gasteiger partial charge is 0.454 e. The maximum atomic E-state index is 12.9. The second kappa shape index (κ2) is 7.55. The Morgan fingerprint density at radius 1 is 1.16 bits per heavy atom. The summed E-state index contributed by atoms with van der Waals surface area (Å²) < 4.78 is 48.9. The topological polar surface area (TPSA) is 130 Å². The van der Waals surface area contributed by atoms with E-state index in [2.05, 4.69) is 20.0 Å². The molecule has 10 nitrogen and oxygen atoms in total. The van der Waals surface area contributed by atoms with Crippen LogP contribution < -0.4 is 14.2 Å². The number of fused-ring (bicyclic) bond motifs is 1. The second-order valence-electron chi connectivity index (χ2n) is 6.51. The molecule has 5 rings (SSSR count). The van der Waals surface area contributed by atoms with Crippen LogP contribution in [0.5, 0.6) is 11.5 Å². The van der Waals surface area contributed by atoms with Crippen molar-refractivity contribution in [2.75, 3.05) is 11.5 Å². The third-order valence-corrected chi connectivity index (χ3v) is 7.25. The number of nitrogens with one attached hydrogen (secondary N) is 1. The SMILES string of the molecule is Cc1noc(NS(=O)(=O)c2ccsc2-c2nc(Cc3ccc4c(c3)OCO4)no2)c1Cl. The van der Waals surface area contributed by atoms with E-state index in [9.17, 15) is 8.42 Å². The maximum absolute atomic E-state index is 12.9. The molecule has 0 radical (unpaired) electrons. The van der Waals surface area contributed by atoms with Crippen LogP contribution in [0.15, 0.2) is 43.6 Å². The predicted molar refractivity (Wildman–Crippen MR) is 110 cm³/mol. The Hall–Kier alpha value is -3.09. The standard InChI is InChI=1S/C18H13ClN4O6S2/c1-9-15(19)17(28-21-9)23-31(24,25)13-4-5-30-16(13)18-20-14(22-29-18)7-10-2-3-11-12(6-10)27-8-26-11/h2-6,23H,7-8H2,1H3. The van der Waals surface area contributed by atoms with Crippen molar-refractivity contribution >= 4 is 38.8 Å². The number of aromatic nitrogens is 3. The number of anilines is 1.